The van der Waals surface area contributed by atoms with Crippen molar-refractivity contribution in [2.24, 2.45) is 0 Å². The minimum atomic E-state index is -1.10. The number of aromatic nitrogens is 2. The number of carboxylic acids is 1. The summed E-state index contributed by atoms with van der Waals surface area (Å²) in [5, 5.41) is 13.2. The van der Waals surface area contributed by atoms with E-state index in [1.807, 2.05) is 0 Å². The van der Waals surface area contributed by atoms with Gasteiger partial charge in [0.25, 0.3) is 0 Å². The zero-order valence-electron chi connectivity index (χ0n) is 13.9. The third kappa shape index (κ3) is 3.78. The highest BCUT2D eigenvalue weighted by Gasteiger charge is 2.23. The van der Waals surface area contributed by atoms with E-state index in [4.69, 9.17) is 5.11 Å². The molecule has 25 heavy (non-hydrogen) atoms. The number of amides is 1. The van der Waals surface area contributed by atoms with Crippen molar-refractivity contribution in [2.45, 2.75) is 13.5 Å². The molecule has 8 heteroatoms. The number of aryl methyl sites for hydroxylation is 1. The van der Waals surface area contributed by atoms with Gasteiger partial charge in [-0.05, 0) is 37.3 Å². The van der Waals surface area contributed by atoms with Crippen LogP contribution in [0.25, 0.3) is 0 Å². The molecular formula is C17H19FN4O3. The first-order valence-electron chi connectivity index (χ1n) is 8.00. The first kappa shape index (κ1) is 16.9. The van der Waals surface area contributed by atoms with Gasteiger partial charge in [-0.2, -0.15) is 5.10 Å². The lowest BCUT2D eigenvalue weighted by Gasteiger charge is -2.36. The quantitative estimate of drug-likeness (QED) is 0.905. The maximum atomic E-state index is 13.0. The molecule has 0 bridgehead atoms. The number of hydrogen-bond donors (Lipinski definition) is 1. The summed E-state index contributed by atoms with van der Waals surface area (Å²) in [6.07, 6.45) is 0. The number of carbonyl (C=O) groups excluding carboxylic acids is 1. The highest BCUT2D eigenvalue weighted by Crippen LogP contribution is 2.17. The Morgan fingerprint density at radius 1 is 1.16 bits per heavy atom. The van der Waals surface area contributed by atoms with Gasteiger partial charge in [0.2, 0.25) is 5.91 Å². The molecule has 2 aromatic rings. The normalized spacial score (nSPS) is 14.6. The number of piperazine rings is 1. The van der Waals surface area contributed by atoms with Crippen molar-refractivity contribution in [2.75, 3.05) is 31.1 Å². The van der Waals surface area contributed by atoms with E-state index in [-0.39, 0.29) is 24.0 Å². The summed E-state index contributed by atoms with van der Waals surface area (Å²) in [6.45, 7) is 3.93. The Kier molecular flexibility index (Phi) is 4.69. The Bertz CT molecular complexity index is 780. The van der Waals surface area contributed by atoms with E-state index >= 15 is 0 Å². The van der Waals surface area contributed by atoms with E-state index < -0.39 is 5.97 Å². The standard InChI is InChI=1S/C17H19FN4O3/c1-12-10-15(17(24)25)22(19-12)11-16(23)21-8-6-20(7-9-21)14-4-2-13(18)3-5-14/h2-5,10H,6-9,11H2,1H3,(H,24,25). The number of carbonyl (C=O) groups is 2. The number of aromatic carboxylic acids is 1. The van der Waals surface area contributed by atoms with Gasteiger partial charge < -0.3 is 14.9 Å². The van der Waals surface area contributed by atoms with E-state index in [1.54, 1.807) is 24.0 Å². The van der Waals surface area contributed by atoms with E-state index in [2.05, 4.69) is 10.00 Å². The van der Waals surface area contributed by atoms with Crippen LogP contribution in [0.5, 0.6) is 0 Å². The molecule has 132 valence electrons. The van der Waals surface area contributed by atoms with Crippen molar-refractivity contribution >= 4 is 17.6 Å². The molecule has 1 aromatic carbocycles. The first-order valence-corrected chi connectivity index (χ1v) is 8.00. The van der Waals surface area contributed by atoms with E-state index in [9.17, 15) is 14.0 Å². The smallest absolute Gasteiger partial charge is 0.354 e. The van der Waals surface area contributed by atoms with Gasteiger partial charge in [0.15, 0.2) is 0 Å². The molecule has 0 saturated carbocycles. The lowest BCUT2D eigenvalue weighted by molar-refractivity contribution is -0.132. The van der Waals surface area contributed by atoms with Crippen LogP contribution in [0, 0.1) is 12.7 Å². The van der Waals surface area contributed by atoms with Crippen LogP contribution in [0.15, 0.2) is 30.3 Å². The van der Waals surface area contributed by atoms with Crippen LogP contribution in [0.3, 0.4) is 0 Å². The van der Waals surface area contributed by atoms with Crippen LogP contribution in [0.4, 0.5) is 10.1 Å². The lowest BCUT2D eigenvalue weighted by atomic mass is 10.2. The van der Waals surface area contributed by atoms with Crippen LogP contribution in [0.1, 0.15) is 16.2 Å². The fourth-order valence-corrected chi connectivity index (χ4v) is 2.93. The summed E-state index contributed by atoms with van der Waals surface area (Å²) < 4.78 is 14.2. The molecule has 1 aliphatic rings. The summed E-state index contributed by atoms with van der Waals surface area (Å²) in [6, 6.07) is 7.72. The fourth-order valence-electron chi connectivity index (χ4n) is 2.93. The second-order valence-electron chi connectivity index (χ2n) is 5.98. The van der Waals surface area contributed by atoms with Crippen molar-refractivity contribution in [3.63, 3.8) is 0 Å². The Balaban J connectivity index is 1.60. The maximum absolute atomic E-state index is 13.0. The van der Waals surface area contributed by atoms with Gasteiger partial charge in [0.05, 0.1) is 5.69 Å². The number of nitrogens with zero attached hydrogens (tertiary/aromatic N) is 4. The predicted molar refractivity (Wildman–Crippen MR) is 89.1 cm³/mol. The summed E-state index contributed by atoms with van der Waals surface area (Å²) in [5.74, 6) is -1.54. The summed E-state index contributed by atoms with van der Waals surface area (Å²) in [5.41, 5.74) is 1.49. The summed E-state index contributed by atoms with van der Waals surface area (Å²) >= 11 is 0. The largest absolute Gasteiger partial charge is 0.477 e. The molecule has 1 N–H and O–H groups in total. The molecule has 1 aromatic heterocycles. The maximum Gasteiger partial charge on any atom is 0.354 e. The van der Waals surface area contributed by atoms with Crippen molar-refractivity contribution in [1.82, 2.24) is 14.7 Å². The molecule has 0 radical (unpaired) electrons. The zero-order valence-corrected chi connectivity index (χ0v) is 13.9. The number of rotatable bonds is 4. The second kappa shape index (κ2) is 6.92. The molecule has 2 heterocycles. The summed E-state index contributed by atoms with van der Waals surface area (Å²) in [7, 11) is 0. The second-order valence-corrected chi connectivity index (χ2v) is 5.98. The monoisotopic (exact) mass is 346 g/mol. The minimum absolute atomic E-state index is 0.01000. The molecule has 1 fully saturated rings. The van der Waals surface area contributed by atoms with Crippen LogP contribution in [-0.2, 0) is 11.3 Å². The van der Waals surface area contributed by atoms with Gasteiger partial charge in [0, 0.05) is 31.9 Å². The van der Waals surface area contributed by atoms with Gasteiger partial charge in [-0.15, -0.1) is 0 Å². The van der Waals surface area contributed by atoms with Crippen LogP contribution in [0.2, 0.25) is 0 Å². The molecule has 7 nitrogen and oxygen atoms in total. The Morgan fingerprint density at radius 2 is 1.80 bits per heavy atom. The lowest BCUT2D eigenvalue weighted by Crippen LogP contribution is -2.49. The van der Waals surface area contributed by atoms with Crippen molar-refractivity contribution in [3.8, 4) is 0 Å². The molecule has 0 aliphatic carbocycles. The van der Waals surface area contributed by atoms with Gasteiger partial charge in [-0.3, -0.25) is 4.79 Å². The van der Waals surface area contributed by atoms with Crippen LogP contribution >= 0.6 is 0 Å². The molecule has 3 rings (SSSR count). The Morgan fingerprint density at radius 3 is 2.40 bits per heavy atom. The number of benzene rings is 1. The number of halogens is 1. The molecule has 1 saturated heterocycles. The highest BCUT2D eigenvalue weighted by molar-refractivity contribution is 5.86. The van der Waals surface area contributed by atoms with Gasteiger partial charge in [0.1, 0.15) is 18.1 Å². The minimum Gasteiger partial charge on any atom is -0.477 e. The Hall–Kier alpha value is -2.90. The predicted octanol–water partition coefficient (Wildman–Crippen LogP) is 1.38. The average molecular weight is 346 g/mol. The van der Waals surface area contributed by atoms with Crippen LogP contribution in [-0.4, -0.2) is 57.8 Å². The first-order chi connectivity index (χ1) is 11.9. The summed E-state index contributed by atoms with van der Waals surface area (Å²) in [4.78, 5) is 27.4. The third-order valence-electron chi connectivity index (χ3n) is 4.23. The van der Waals surface area contributed by atoms with E-state index in [0.29, 0.717) is 31.9 Å². The van der Waals surface area contributed by atoms with Crippen molar-refractivity contribution in [3.05, 3.63) is 47.5 Å². The number of carboxylic acid groups (broad SMARTS) is 1. The molecule has 0 atom stereocenters. The fraction of sp³-hybridized carbons (Fsp3) is 0.353. The number of hydrogen-bond acceptors (Lipinski definition) is 4. The van der Waals surface area contributed by atoms with Crippen LogP contribution < -0.4 is 4.90 Å². The molecule has 0 spiro atoms. The molecule has 1 aliphatic heterocycles. The molecule has 1 amide bonds. The number of anilines is 1. The van der Waals surface area contributed by atoms with Crippen molar-refractivity contribution in [1.29, 1.82) is 0 Å². The average Bonchev–Trinajstić information content (AvgIpc) is 2.96. The van der Waals surface area contributed by atoms with E-state index in [1.165, 1.54) is 22.9 Å². The third-order valence-corrected chi connectivity index (χ3v) is 4.23. The molecular weight excluding hydrogens is 327 g/mol. The van der Waals surface area contributed by atoms with Gasteiger partial charge in [-0.25, -0.2) is 13.9 Å². The van der Waals surface area contributed by atoms with Crippen molar-refractivity contribution < 1.29 is 19.1 Å². The zero-order chi connectivity index (χ0) is 18.0. The topological polar surface area (TPSA) is 78.7 Å². The SMILES string of the molecule is Cc1cc(C(=O)O)n(CC(=O)N2CCN(c3ccc(F)cc3)CC2)n1. The Labute approximate surface area is 144 Å². The van der Waals surface area contributed by atoms with Gasteiger partial charge >= 0.3 is 5.97 Å². The van der Waals surface area contributed by atoms with Gasteiger partial charge in [-0.1, -0.05) is 0 Å². The molecule has 0 unspecified atom stereocenters. The highest BCUT2D eigenvalue weighted by atomic mass is 19.1. The van der Waals surface area contributed by atoms with E-state index in [0.717, 1.165) is 5.69 Å².